The maximum absolute atomic E-state index is 12.8. The molecule has 0 atom stereocenters. The Hall–Kier alpha value is -1.80. The van der Waals surface area contributed by atoms with Gasteiger partial charge in [0.2, 0.25) is 11.8 Å². The van der Waals surface area contributed by atoms with E-state index in [0.717, 1.165) is 24.6 Å². The van der Waals surface area contributed by atoms with Crippen LogP contribution in [-0.4, -0.2) is 54.3 Å². The molecule has 1 aliphatic heterocycles. The van der Waals surface area contributed by atoms with E-state index >= 15 is 0 Å². The van der Waals surface area contributed by atoms with E-state index in [2.05, 4.69) is 5.32 Å². The third-order valence-corrected chi connectivity index (χ3v) is 4.78. The van der Waals surface area contributed by atoms with E-state index < -0.39 is 23.1 Å². The minimum absolute atomic E-state index is 0.0180. The standard InChI is InChI=1S/C19H25ClF3N3O2/c1-18(2,3)17(28)26-8-4-7-25(9-10-26)12-16(27)24-15-11-13(19(21,22)23)5-6-14(15)20/h5-6,11H,4,7-10,12H2,1-3H3,(H,24,27). The number of nitrogens with one attached hydrogen (secondary N) is 1. The highest BCUT2D eigenvalue weighted by Crippen LogP contribution is 2.33. The number of amides is 2. The maximum atomic E-state index is 12.8. The first kappa shape index (κ1) is 22.5. The van der Waals surface area contributed by atoms with Gasteiger partial charge >= 0.3 is 6.18 Å². The molecule has 0 unspecified atom stereocenters. The number of hydrogen-bond donors (Lipinski definition) is 1. The smallest absolute Gasteiger partial charge is 0.341 e. The summed E-state index contributed by atoms with van der Waals surface area (Å²) in [6.45, 7) is 7.88. The van der Waals surface area contributed by atoms with Crippen LogP contribution in [0.5, 0.6) is 0 Å². The van der Waals surface area contributed by atoms with Crippen molar-refractivity contribution >= 4 is 29.1 Å². The van der Waals surface area contributed by atoms with E-state index in [1.165, 1.54) is 0 Å². The Labute approximate surface area is 167 Å². The van der Waals surface area contributed by atoms with Crippen LogP contribution in [0.3, 0.4) is 0 Å². The number of nitrogens with zero attached hydrogens (tertiary/aromatic N) is 2. The summed E-state index contributed by atoms with van der Waals surface area (Å²) in [5.74, 6) is -0.383. The first-order valence-corrected chi connectivity index (χ1v) is 9.44. The Morgan fingerprint density at radius 1 is 1.11 bits per heavy atom. The fourth-order valence-electron chi connectivity index (χ4n) is 3.00. The molecular weight excluding hydrogens is 395 g/mol. The van der Waals surface area contributed by atoms with Gasteiger partial charge in [0.25, 0.3) is 0 Å². The van der Waals surface area contributed by atoms with Gasteiger partial charge in [0.15, 0.2) is 0 Å². The summed E-state index contributed by atoms with van der Waals surface area (Å²) in [6, 6.07) is 2.81. The van der Waals surface area contributed by atoms with E-state index in [0.29, 0.717) is 26.2 Å². The van der Waals surface area contributed by atoms with Crippen molar-refractivity contribution in [2.75, 3.05) is 38.0 Å². The summed E-state index contributed by atoms with van der Waals surface area (Å²) in [5, 5.41) is 2.50. The van der Waals surface area contributed by atoms with Gasteiger partial charge in [-0.2, -0.15) is 13.2 Å². The van der Waals surface area contributed by atoms with E-state index in [1.54, 1.807) is 4.90 Å². The summed E-state index contributed by atoms with van der Waals surface area (Å²) in [7, 11) is 0. The zero-order valence-electron chi connectivity index (χ0n) is 16.2. The van der Waals surface area contributed by atoms with Crippen molar-refractivity contribution in [3.05, 3.63) is 28.8 Å². The van der Waals surface area contributed by atoms with Gasteiger partial charge in [-0.15, -0.1) is 0 Å². The molecule has 0 aliphatic carbocycles. The Bertz CT molecular complexity index is 732. The van der Waals surface area contributed by atoms with Gasteiger partial charge in [0.05, 0.1) is 22.8 Å². The number of alkyl halides is 3. The Kier molecular flexibility index (Phi) is 6.98. The number of halogens is 4. The van der Waals surface area contributed by atoms with Gasteiger partial charge in [-0.1, -0.05) is 32.4 Å². The topological polar surface area (TPSA) is 52.7 Å². The fourth-order valence-corrected chi connectivity index (χ4v) is 3.16. The molecule has 0 spiro atoms. The molecule has 156 valence electrons. The molecule has 0 saturated carbocycles. The van der Waals surface area contributed by atoms with Gasteiger partial charge in [-0.25, -0.2) is 0 Å². The van der Waals surface area contributed by atoms with Crippen LogP contribution in [0.1, 0.15) is 32.8 Å². The highest BCUT2D eigenvalue weighted by molar-refractivity contribution is 6.33. The molecule has 1 aromatic rings. The highest BCUT2D eigenvalue weighted by Gasteiger charge is 2.31. The zero-order chi connectivity index (χ0) is 21.1. The third-order valence-electron chi connectivity index (χ3n) is 4.45. The quantitative estimate of drug-likeness (QED) is 0.809. The molecule has 1 heterocycles. The van der Waals surface area contributed by atoms with Crippen LogP contribution in [0.2, 0.25) is 5.02 Å². The van der Waals surface area contributed by atoms with Gasteiger partial charge in [0.1, 0.15) is 0 Å². The second-order valence-electron chi connectivity index (χ2n) is 7.91. The molecule has 0 aromatic heterocycles. The highest BCUT2D eigenvalue weighted by atomic mass is 35.5. The predicted molar refractivity (Wildman–Crippen MR) is 102 cm³/mol. The number of rotatable bonds is 3. The van der Waals surface area contributed by atoms with Crippen LogP contribution in [-0.2, 0) is 15.8 Å². The van der Waals surface area contributed by atoms with Gasteiger partial charge in [-0.05, 0) is 24.6 Å². The summed E-state index contributed by atoms with van der Waals surface area (Å²) < 4.78 is 38.5. The molecule has 5 nitrogen and oxygen atoms in total. The summed E-state index contributed by atoms with van der Waals surface area (Å²) >= 11 is 5.92. The molecule has 2 rings (SSSR count). The second-order valence-corrected chi connectivity index (χ2v) is 8.32. The molecule has 2 amide bonds. The lowest BCUT2D eigenvalue weighted by Crippen LogP contribution is -2.42. The van der Waals surface area contributed by atoms with E-state index in [1.807, 2.05) is 25.7 Å². The van der Waals surface area contributed by atoms with Crippen molar-refractivity contribution in [3.8, 4) is 0 Å². The molecule has 1 fully saturated rings. The summed E-state index contributed by atoms with van der Waals surface area (Å²) in [6.07, 6.45) is -3.79. The van der Waals surface area contributed by atoms with Crippen LogP contribution < -0.4 is 5.32 Å². The fraction of sp³-hybridized carbons (Fsp3) is 0.579. The van der Waals surface area contributed by atoms with Crippen LogP contribution in [0, 0.1) is 5.41 Å². The Morgan fingerprint density at radius 3 is 2.39 bits per heavy atom. The van der Waals surface area contributed by atoms with Gasteiger partial charge in [-0.3, -0.25) is 14.5 Å². The molecule has 0 bridgehead atoms. The monoisotopic (exact) mass is 419 g/mol. The summed E-state index contributed by atoms with van der Waals surface area (Å²) in [4.78, 5) is 28.4. The normalized spacial score (nSPS) is 16.6. The molecule has 28 heavy (non-hydrogen) atoms. The third kappa shape index (κ3) is 6.10. The molecule has 1 aromatic carbocycles. The molecule has 1 N–H and O–H groups in total. The van der Waals surface area contributed by atoms with Crippen molar-refractivity contribution in [1.29, 1.82) is 0 Å². The van der Waals surface area contributed by atoms with Crippen molar-refractivity contribution in [3.63, 3.8) is 0 Å². The first-order chi connectivity index (χ1) is 12.9. The van der Waals surface area contributed by atoms with Gasteiger partial charge in [0, 0.05) is 31.6 Å². The molecule has 0 radical (unpaired) electrons. The number of carbonyl (C=O) groups excluding carboxylic acids is 2. The molecule has 9 heteroatoms. The lowest BCUT2D eigenvalue weighted by atomic mass is 9.94. The first-order valence-electron chi connectivity index (χ1n) is 9.06. The Morgan fingerprint density at radius 2 is 1.79 bits per heavy atom. The van der Waals surface area contributed by atoms with Crippen molar-refractivity contribution in [2.45, 2.75) is 33.4 Å². The van der Waals surface area contributed by atoms with E-state index in [4.69, 9.17) is 11.6 Å². The van der Waals surface area contributed by atoms with Crippen LogP contribution >= 0.6 is 11.6 Å². The number of hydrogen-bond acceptors (Lipinski definition) is 3. The largest absolute Gasteiger partial charge is 0.416 e. The maximum Gasteiger partial charge on any atom is 0.416 e. The Balaban J connectivity index is 1.96. The zero-order valence-corrected chi connectivity index (χ0v) is 17.0. The number of carbonyl (C=O) groups is 2. The SMILES string of the molecule is CC(C)(C)C(=O)N1CCCN(CC(=O)Nc2cc(C(F)(F)F)ccc2Cl)CC1. The number of benzene rings is 1. The molecule has 1 aliphatic rings. The number of anilines is 1. The lowest BCUT2D eigenvalue weighted by molar-refractivity contribution is -0.139. The minimum atomic E-state index is -4.52. The van der Waals surface area contributed by atoms with Crippen LogP contribution in [0.15, 0.2) is 18.2 Å². The van der Waals surface area contributed by atoms with Gasteiger partial charge < -0.3 is 10.2 Å². The second kappa shape index (κ2) is 8.69. The summed E-state index contributed by atoms with van der Waals surface area (Å²) in [5.41, 5.74) is -1.41. The van der Waals surface area contributed by atoms with Crippen molar-refractivity contribution < 1.29 is 22.8 Å². The van der Waals surface area contributed by atoms with E-state index in [9.17, 15) is 22.8 Å². The molecular formula is C19H25ClF3N3O2. The van der Waals surface area contributed by atoms with E-state index in [-0.39, 0.29) is 23.2 Å². The minimum Gasteiger partial charge on any atom is -0.341 e. The van der Waals surface area contributed by atoms with Crippen LogP contribution in [0.4, 0.5) is 18.9 Å². The lowest BCUT2D eigenvalue weighted by Gasteiger charge is -2.28. The average Bonchev–Trinajstić information content (AvgIpc) is 2.79. The van der Waals surface area contributed by atoms with Crippen molar-refractivity contribution in [1.82, 2.24) is 9.80 Å². The van der Waals surface area contributed by atoms with Crippen molar-refractivity contribution in [2.24, 2.45) is 5.41 Å². The predicted octanol–water partition coefficient (Wildman–Crippen LogP) is 3.88. The average molecular weight is 420 g/mol. The molecule has 1 saturated heterocycles. The van der Waals surface area contributed by atoms with Crippen LogP contribution in [0.25, 0.3) is 0 Å².